The fourth-order valence-corrected chi connectivity index (χ4v) is 1.70. The Morgan fingerprint density at radius 1 is 1.38 bits per heavy atom. The number of rotatable bonds is 2. The summed E-state index contributed by atoms with van der Waals surface area (Å²) in [6, 6.07) is 6.35. The Hall–Kier alpha value is -2.03. The Kier molecular flexibility index (Phi) is 2.52. The molecule has 0 saturated heterocycles. The largest absolute Gasteiger partial charge is 0.508 e. The van der Waals surface area contributed by atoms with Crippen molar-refractivity contribution in [3.05, 3.63) is 52.9 Å². The maximum atomic E-state index is 11.2. The van der Waals surface area contributed by atoms with E-state index in [0.29, 0.717) is 11.1 Å². The van der Waals surface area contributed by atoms with Gasteiger partial charge in [0.15, 0.2) is 0 Å². The SMILES string of the molecule is C=CC(C)c1c(O)ccc2ccc(=O)oc12. The molecular formula is C13H12O3. The van der Waals surface area contributed by atoms with Crippen molar-refractivity contribution < 1.29 is 9.52 Å². The van der Waals surface area contributed by atoms with E-state index in [-0.39, 0.29) is 11.7 Å². The Labute approximate surface area is 92.6 Å². The van der Waals surface area contributed by atoms with Crippen LogP contribution in [0.25, 0.3) is 11.0 Å². The first-order valence-electron chi connectivity index (χ1n) is 5.01. The van der Waals surface area contributed by atoms with Crippen molar-refractivity contribution in [1.82, 2.24) is 0 Å². The molecule has 16 heavy (non-hydrogen) atoms. The fraction of sp³-hybridized carbons (Fsp3) is 0.154. The van der Waals surface area contributed by atoms with E-state index in [2.05, 4.69) is 6.58 Å². The summed E-state index contributed by atoms with van der Waals surface area (Å²) in [5.74, 6) is 0.0449. The normalized spacial score (nSPS) is 12.6. The summed E-state index contributed by atoms with van der Waals surface area (Å²) in [5.41, 5.74) is 0.612. The number of benzene rings is 1. The predicted molar refractivity (Wildman–Crippen MR) is 62.8 cm³/mol. The standard InChI is InChI=1S/C13H12O3/c1-3-8(2)12-10(14)6-4-9-5-7-11(15)16-13(9)12/h3-8,14H,1H2,2H3. The zero-order valence-corrected chi connectivity index (χ0v) is 8.93. The Balaban J connectivity index is 2.87. The third-order valence-corrected chi connectivity index (χ3v) is 2.61. The third-order valence-electron chi connectivity index (χ3n) is 2.61. The van der Waals surface area contributed by atoms with Crippen LogP contribution in [-0.2, 0) is 0 Å². The topological polar surface area (TPSA) is 50.4 Å². The van der Waals surface area contributed by atoms with E-state index in [1.807, 2.05) is 6.92 Å². The van der Waals surface area contributed by atoms with E-state index in [1.54, 1.807) is 24.3 Å². The van der Waals surface area contributed by atoms with Gasteiger partial charge in [0.05, 0.1) is 0 Å². The summed E-state index contributed by atoms with van der Waals surface area (Å²) in [6.07, 6.45) is 1.70. The molecule has 1 heterocycles. The average Bonchev–Trinajstić information content (AvgIpc) is 2.28. The number of aromatic hydroxyl groups is 1. The van der Waals surface area contributed by atoms with Gasteiger partial charge in [0.1, 0.15) is 11.3 Å². The molecule has 0 aliphatic heterocycles. The number of phenols is 1. The highest BCUT2D eigenvalue weighted by Gasteiger charge is 2.14. The molecular weight excluding hydrogens is 204 g/mol. The lowest BCUT2D eigenvalue weighted by atomic mass is 9.98. The highest BCUT2D eigenvalue weighted by atomic mass is 16.4. The predicted octanol–water partition coefficient (Wildman–Crippen LogP) is 2.79. The molecule has 0 fully saturated rings. The lowest BCUT2D eigenvalue weighted by molar-refractivity contribution is 0.463. The Morgan fingerprint density at radius 3 is 2.75 bits per heavy atom. The molecule has 1 aromatic carbocycles. The number of phenolic OH excluding ortho intramolecular Hbond substituents is 1. The van der Waals surface area contributed by atoms with Gasteiger partial charge in [-0.3, -0.25) is 0 Å². The van der Waals surface area contributed by atoms with E-state index in [4.69, 9.17) is 4.42 Å². The summed E-state index contributed by atoms with van der Waals surface area (Å²) >= 11 is 0. The molecule has 0 bridgehead atoms. The molecule has 1 N–H and O–H groups in total. The van der Waals surface area contributed by atoms with Crippen molar-refractivity contribution in [3.8, 4) is 5.75 Å². The highest BCUT2D eigenvalue weighted by Crippen LogP contribution is 2.32. The van der Waals surface area contributed by atoms with Crippen LogP contribution >= 0.6 is 0 Å². The quantitative estimate of drug-likeness (QED) is 0.620. The van der Waals surface area contributed by atoms with E-state index in [9.17, 15) is 9.90 Å². The molecule has 2 rings (SSSR count). The van der Waals surface area contributed by atoms with Crippen LogP contribution in [0.1, 0.15) is 18.4 Å². The van der Waals surface area contributed by atoms with Crippen molar-refractivity contribution in [3.63, 3.8) is 0 Å². The summed E-state index contributed by atoms with van der Waals surface area (Å²) in [4.78, 5) is 11.2. The Bertz CT molecular complexity index is 596. The molecule has 82 valence electrons. The first-order valence-corrected chi connectivity index (χ1v) is 5.01. The van der Waals surface area contributed by atoms with Crippen molar-refractivity contribution in [2.45, 2.75) is 12.8 Å². The van der Waals surface area contributed by atoms with Crippen LogP contribution in [0.2, 0.25) is 0 Å². The number of fused-ring (bicyclic) bond motifs is 1. The van der Waals surface area contributed by atoms with Gasteiger partial charge in [-0.15, -0.1) is 6.58 Å². The van der Waals surface area contributed by atoms with Gasteiger partial charge in [0.25, 0.3) is 0 Å². The molecule has 3 nitrogen and oxygen atoms in total. The molecule has 0 saturated carbocycles. The van der Waals surface area contributed by atoms with Gasteiger partial charge in [0.2, 0.25) is 0 Å². The van der Waals surface area contributed by atoms with Gasteiger partial charge in [0, 0.05) is 22.9 Å². The molecule has 1 aromatic heterocycles. The third kappa shape index (κ3) is 1.60. The minimum atomic E-state index is -0.421. The van der Waals surface area contributed by atoms with Crippen LogP contribution in [0.5, 0.6) is 5.75 Å². The second kappa shape index (κ2) is 3.85. The van der Waals surface area contributed by atoms with Crippen molar-refractivity contribution in [1.29, 1.82) is 0 Å². The van der Waals surface area contributed by atoms with Crippen LogP contribution in [0, 0.1) is 0 Å². The van der Waals surface area contributed by atoms with E-state index < -0.39 is 5.63 Å². The summed E-state index contributed by atoms with van der Waals surface area (Å²) in [6.45, 7) is 5.56. The van der Waals surface area contributed by atoms with Crippen LogP contribution in [0.15, 0.2) is 46.1 Å². The van der Waals surface area contributed by atoms with Gasteiger partial charge in [-0.25, -0.2) is 4.79 Å². The molecule has 1 atom stereocenters. The number of hydrogen-bond donors (Lipinski definition) is 1. The van der Waals surface area contributed by atoms with Crippen LogP contribution < -0.4 is 5.63 Å². The van der Waals surface area contributed by atoms with Crippen molar-refractivity contribution >= 4 is 11.0 Å². The van der Waals surface area contributed by atoms with E-state index >= 15 is 0 Å². The molecule has 0 radical (unpaired) electrons. The highest BCUT2D eigenvalue weighted by molar-refractivity contribution is 5.82. The zero-order valence-electron chi connectivity index (χ0n) is 8.93. The van der Waals surface area contributed by atoms with Gasteiger partial charge >= 0.3 is 5.63 Å². The van der Waals surface area contributed by atoms with Gasteiger partial charge < -0.3 is 9.52 Å². The number of hydrogen-bond acceptors (Lipinski definition) is 3. The number of allylic oxidation sites excluding steroid dienone is 1. The average molecular weight is 216 g/mol. The van der Waals surface area contributed by atoms with Crippen LogP contribution in [0.3, 0.4) is 0 Å². The molecule has 0 aliphatic carbocycles. The minimum Gasteiger partial charge on any atom is -0.508 e. The van der Waals surface area contributed by atoms with Gasteiger partial charge in [-0.1, -0.05) is 13.0 Å². The lowest BCUT2D eigenvalue weighted by Gasteiger charge is -2.10. The maximum absolute atomic E-state index is 11.2. The molecule has 1 unspecified atom stereocenters. The van der Waals surface area contributed by atoms with Gasteiger partial charge in [-0.05, 0) is 18.2 Å². The molecule has 0 spiro atoms. The first-order chi connectivity index (χ1) is 7.63. The van der Waals surface area contributed by atoms with Crippen LogP contribution in [-0.4, -0.2) is 5.11 Å². The second-order valence-corrected chi connectivity index (χ2v) is 3.70. The maximum Gasteiger partial charge on any atom is 0.336 e. The summed E-state index contributed by atoms with van der Waals surface area (Å²) < 4.78 is 5.13. The summed E-state index contributed by atoms with van der Waals surface area (Å²) in [5, 5.41) is 10.6. The minimum absolute atomic E-state index is 0.0748. The van der Waals surface area contributed by atoms with E-state index in [0.717, 1.165) is 5.39 Å². The van der Waals surface area contributed by atoms with Crippen LogP contribution in [0.4, 0.5) is 0 Å². The van der Waals surface area contributed by atoms with Crippen molar-refractivity contribution in [2.24, 2.45) is 0 Å². The van der Waals surface area contributed by atoms with E-state index in [1.165, 1.54) is 6.07 Å². The smallest absolute Gasteiger partial charge is 0.336 e. The summed E-state index contributed by atoms with van der Waals surface area (Å²) in [7, 11) is 0. The fourth-order valence-electron chi connectivity index (χ4n) is 1.70. The zero-order chi connectivity index (χ0) is 11.7. The molecule has 2 aromatic rings. The van der Waals surface area contributed by atoms with Crippen molar-refractivity contribution in [2.75, 3.05) is 0 Å². The second-order valence-electron chi connectivity index (χ2n) is 3.70. The molecule has 0 aliphatic rings. The monoisotopic (exact) mass is 216 g/mol. The lowest BCUT2D eigenvalue weighted by Crippen LogP contribution is -1.98. The Morgan fingerprint density at radius 2 is 2.06 bits per heavy atom. The van der Waals surface area contributed by atoms with Gasteiger partial charge in [-0.2, -0.15) is 0 Å². The molecule has 3 heteroatoms. The molecule has 0 amide bonds. The first kappa shape index (κ1) is 10.5.